The molecule has 0 fully saturated rings. The summed E-state index contributed by atoms with van der Waals surface area (Å²) in [5.74, 6) is 0.602. The first-order chi connectivity index (χ1) is 15.1. The molecule has 2 aromatic carbocycles. The van der Waals surface area contributed by atoms with E-state index in [1.54, 1.807) is 14.0 Å². The van der Waals surface area contributed by atoms with E-state index in [1.165, 1.54) is 4.90 Å². The van der Waals surface area contributed by atoms with E-state index in [0.29, 0.717) is 31.3 Å². The molecule has 0 aliphatic carbocycles. The van der Waals surface area contributed by atoms with Crippen LogP contribution in [0.1, 0.15) is 30.8 Å². The molecule has 1 heterocycles. The Hall–Kier alpha value is -3.68. The molecule has 3 aromatic rings. The van der Waals surface area contributed by atoms with Crippen LogP contribution in [-0.2, 0) is 16.0 Å². The summed E-state index contributed by atoms with van der Waals surface area (Å²) in [5.41, 5.74) is 1.68. The molecule has 1 aromatic heterocycles. The van der Waals surface area contributed by atoms with Crippen LogP contribution in [0.25, 0.3) is 11.5 Å². The van der Waals surface area contributed by atoms with Crippen molar-refractivity contribution in [2.45, 2.75) is 25.8 Å². The Morgan fingerprint density at radius 1 is 1.10 bits per heavy atom. The molecule has 0 saturated heterocycles. The summed E-state index contributed by atoms with van der Waals surface area (Å²) in [6.07, 6.45) is 0.497. The highest BCUT2D eigenvalue weighted by molar-refractivity contribution is 5.76. The molecule has 0 aliphatic rings. The van der Waals surface area contributed by atoms with Crippen LogP contribution in [0.2, 0.25) is 0 Å². The first-order valence-electron chi connectivity index (χ1n) is 10.2. The number of benzene rings is 2. The van der Waals surface area contributed by atoms with E-state index >= 15 is 0 Å². The summed E-state index contributed by atoms with van der Waals surface area (Å²) in [6.45, 7) is 2.44. The van der Waals surface area contributed by atoms with Crippen molar-refractivity contribution < 1.29 is 18.8 Å². The van der Waals surface area contributed by atoms with E-state index in [4.69, 9.17) is 9.26 Å². The maximum absolute atomic E-state index is 12.7. The van der Waals surface area contributed by atoms with Gasteiger partial charge in [0.05, 0.1) is 19.1 Å². The van der Waals surface area contributed by atoms with Crippen molar-refractivity contribution in [2.24, 2.45) is 0 Å². The molecule has 8 heteroatoms. The second-order valence-electron chi connectivity index (χ2n) is 6.98. The number of hydrogen-bond acceptors (Lipinski definition) is 6. The molecular formula is C23H26N4O4. The zero-order valence-corrected chi connectivity index (χ0v) is 17.7. The molecule has 0 spiro atoms. The van der Waals surface area contributed by atoms with E-state index in [9.17, 15) is 9.59 Å². The van der Waals surface area contributed by atoms with Crippen LogP contribution in [0.4, 0.5) is 4.79 Å². The average Bonchev–Trinajstić information content (AvgIpc) is 3.27. The van der Waals surface area contributed by atoms with Crippen molar-refractivity contribution in [2.75, 3.05) is 20.2 Å². The van der Waals surface area contributed by atoms with Crippen molar-refractivity contribution in [1.29, 1.82) is 0 Å². The number of nitrogens with zero attached hydrogens (tertiary/aromatic N) is 3. The third-order valence-electron chi connectivity index (χ3n) is 4.68. The number of esters is 1. The number of likely N-dealkylation sites (N-methyl/N-ethyl adjacent to an activating group) is 1. The van der Waals surface area contributed by atoms with Crippen LogP contribution in [0, 0.1) is 0 Å². The molecule has 31 heavy (non-hydrogen) atoms. The Morgan fingerprint density at radius 3 is 2.45 bits per heavy atom. The van der Waals surface area contributed by atoms with E-state index in [2.05, 4.69) is 15.5 Å². The van der Waals surface area contributed by atoms with Gasteiger partial charge in [0.1, 0.15) is 0 Å². The zero-order valence-electron chi connectivity index (χ0n) is 17.7. The van der Waals surface area contributed by atoms with Gasteiger partial charge in [-0.3, -0.25) is 4.79 Å². The van der Waals surface area contributed by atoms with Crippen molar-refractivity contribution in [3.05, 3.63) is 72.1 Å². The molecule has 0 bridgehead atoms. The van der Waals surface area contributed by atoms with Gasteiger partial charge >= 0.3 is 12.0 Å². The number of carbonyl (C=O) groups excluding carboxylic acids is 2. The summed E-state index contributed by atoms with van der Waals surface area (Å²) in [4.78, 5) is 30.6. The number of amides is 2. The molecule has 162 valence electrons. The van der Waals surface area contributed by atoms with Gasteiger partial charge in [0.15, 0.2) is 5.82 Å². The van der Waals surface area contributed by atoms with Crippen molar-refractivity contribution in [1.82, 2.24) is 20.4 Å². The minimum Gasteiger partial charge on any atom is -0.466 e. The van der Waals surface area contributed by atoms with Crippen LogP contribution >= 0.6 is 0 Å². The normalized spacial score (nSPS) is 11.5. The van der Waals surface area contributed by atoms with Crippen molar-refractivity contribution in [3.8, 4) is 11.5 Å². The molecule has 2 amide bonds. The fourth-order valence-corrected chi connectivity index (χ4v) is 3.01. The number of carbonyl (C=O) groups is 2. The lowest BCUT2D eigenvalue weighted by molar-refractivity contribution is -0.143. The Morgan fingerprint density at radius 2 is 1.77 bits per heavy atom. The Labute approximate surface area is 181 Å². The fourth-order valence-electron chi connectivity index (χ4n) is 3.01. The lowest BCUT2D eigenvalue weighted by atomic mass is 10.0. The van der Waals surface area contributed by atoms with Gasteiger partial charge in [-0.2, -0.15) is 4.98 Å². The molecule has 1 N–H and O–H groups in total. The van der Waals surface area contributed by atoms with Crippen LogP contribution < -0.4 is 5.32 Å². The molecule has 0 aliphatic heterocycles. The maximum atomic E-state index is 12.7. The van der Waals surface area contributed by atoms with Gasteiger partial charge in [-0.1, -0.05) is 53.7 Å². The van der Waals surface area contributed by atoms with Gasteiger partial charge in [-0.25, -0.2) is 4.79 Å². The molecule has 0 saturated carbocycles. The smallest absolute Gasteiger partial charge is 0.317 e. The Kier molecular flexibility index (Phi) is 7.75. The second kappa shape index (κ2) is 10.9. The first-order valence-corrected chi connectivity index (χ1v) is 10.2. The number of urea groups is 1. The van der Waals surface area contributed by atoms with E-state index in [1.807, 2.05) is 60.7 Å². The summed E-state index contributed by atoms with van der Waals surface area (Å²) >= 11 is 0. The topological polar surface area (TPSA) is 97.6 Å². The van der Waals surface area contributed by atoms with Gasteiger partial charge in [0.2, 0.25) is 0 Å². The van der Waals surface area contributed by atoms with Crippen LogP contribution in [0.5, 0.6) is 0 Å². The fraction of sp³-hybridized carbons (Fsp3) is 0.304. The van der Waals surface area contributed by atoms with Crippen LogP contribution in [0.3, 0.4) is 0 Å². The molecule has 0 radical (unpaired) electrons. The van der Waals surface area contributed by atoms with Gasteiger partial charge in [0.25, 0.3) is 5.89 Å². The highest BCUT2D eigenvalue weighted by Gasteiger charge is 2.21. The Balaban J connectivity index is 1.58. The van der Waals surface area contributed by atoms with Crippen molar-refractivity contribution >= 4 is 12.0 Å². The van der Waals surface area contributed by atoms with Crippen molar-refractivity contribution in [3.63, 3.8) is 0 Å². The summed E-state index contributed by atoms with van der Waals surface area (Å²) in [7, 11) is 1.68. The highest BCUT2D eigenvalue weighted by Crippen LogP contribution is 2.18. The van der Waals surface area contributed by atoms with Gasteiger partial charge in [0, 0.05) is 25.6 Å². The minimum atomic E-state index is -0.481. The lowest BCUT2D eigenvalue weighted by Crippen LogP contribution is -2.41. The Bertz CT molecular complexity index is 976. The molecule has 0 unspecified atom stereocenters. The lowest BCUT2D eigenvalue weighted by Gasteiger charge is -2.23. The van der Waals surface area contributed by atoms with Gasteiger partial charge in [-0.05, 0) is 24.6 Å². The summed E-state index contributed by atoms with van der Waals surface area (Å²) < 4.78 is 10.4. The predicted molar refractivity (Wildman–Crippen MR) is 115 cm³/mol. The third-order valence-corrected chi connectivity index (χ3v) is 4.68. The standard InChI is InChI=1S/C23H26N4O4/c1-3-30-21(28)16-19(17-10-6-4-7-11-17)24-23(29)27(2)15-14-20-25-22(31-26-20)18-12-8-5-9-13-18/h4-13,19H,3,14-16H2,1-2H3,(H,24,29)/t19-/m1/s1. The molecule has 3 rings (SSSR count). The zero-order chi connectivity index (χ0) is 22.1. The predicted octanol–water partition coefficient (Wildman–Crippen LogP) is 3.62. The number of ether oxygens (including phenoxy) is 1. The maximum Gasteiger partial charge on any atom is 0.317 e. The number of hydrogen-bond donors (Lipinski definition) is 1. The largest absolute Gasteiger partial charge is 0.466 e. The molecule has 8 nitrogen and oxygen atoms in total. The van der Waals surface area contributed by atoms with E-state index in [0.717, 1.165) is 11.1 Å². The molecular weight excluding hydrogens is 396 g/mol. The third kappa shape index (κ3) is 6.40. The second-order valence-corrected chi connectivity index (χ2v) is 6.98. The monoisotopic (exact) mass is 422 g/mol. The van der Waals surface area contributed by atoms with Crippen LogP contribution in [0.15, 0.2) is 65.2 Å². The average molecular weight is 422 g/mol. The SMILES string of the molecule is CCOC(=O)C[C@@H](NC(=O)N(C)CCc1noc(-c2ccccc2)n1)c1ccccc1. The van der Waals surface area contributed by atoms with E-state index < -0.39 is 6.04 Å². The number of aromatic nitrogens is 2. The quantitative estimate of drug-likeness (QED) is 0.529. The van der Waals surface area contributed by atoms with Gasteiger partial charge in [-0.15, -0.1) is 0 Å². The number of nitrogens with one attached hydrogen (secondary N) is 1. The summed E-state index contributed by atoms with van der Waals surface area (Å²) in [5, 5.41) is 6.90. The minimum absolute atomic E-state index is 0.0582. The number of rotatable bonds is 9. The highest BCUT2D eigenvalue weighted by atomic mass is 16.5. The van der Waals surface area contributed by atoms with E-state index in [-0.39, 0.29) is 18.4 Å². The van der Waals surface area contributed by atoms with Gasteiger partial charge < -0.3 is 19.5 Å². The van der Waals surface area contributed by atoms with Crippen LogP contribution in [-0.4, -0.2) is 47.2 Å². The summed E-state index contributed by atoms with van der Waals surface area (Å²) in [6, 6.07) is 18.1. The molecule has 1 atom stereocenters. The first kappa shape index (κ1) is 22.0.